The molecule has 0 fully saturated rings. The van der Waals surface area contributed by atoms with Gasteiger partial charge in [0.25, 0.3) is 0 Å². The SMILES string of the molecule is COc1cccc(C(O)COc2ccc(NC(=O)N(C)C)cc2)c1. The van der Waals surface area contributed by atoms with Crippen LogP contribution in [0.25, 0.3) is 0 Å². The van der Waals surface area contributed by atoms with Crippen molar-refractivity contribution < 1.29 is 19.4 Å². The van der Waals surface area contributed by atoms with Crippen molar-refractivity contribution in [2.24, 2.45) is 0 Å². The van der Waals surface area contributed by atoms with Gasteiger partial charge in [-0.1, -0.05) is 12.1 Å². The second-order valence-corrected chi connectivity index (χ2v) is 5.45. The zero-order chi connectivity index (χ0) is 17.5. The van der Waals surface area contributed by atoms with Gasteiger partial charge in [-0.05, 0) is 42.0 Å². The number of hydrogen-bond donors (Lipinski definition) is 2. The van der Waals surface area contributed by atoms with E-state index in [1.54, 1.807) is 51.5 Å². The van der Waals surface area contributed by atoms with E-state index in [4.69, 9.17) is 9.47 Å². The molecule has 0 aliphatic rings. The molecule has 0 saturated heterocycles. The van der Waals surface area contributed by atoms with Crippen LogP contribution >= 0.6 is 0 Å². The predicted molar refractivity (Wildman–Crippen MR) is 92.6 cm³/mol. The Hall–Kier alpha value is -2.73. The molecule has 0 radical (unpaired) electrons. The first-order valence-corrected chi connectivity index (χ1v) is 7.53. The molecule has 1 unspecified atom stereocenters. The molecule has 0 saturated carbocycles. The number of nitrogens with zero attached hydrogens (tertiary/aromatic N) is 1. The second-order valence-electron chi connectivity index (χ2n) is 5.45. The summed E-state index contributed by atoms with van der Waals surface area (Å²) in [5.41, 5.74) is 1.40. The summed E-state index contributed by atoms with van der Waals surface area (Å²) in [7, 11) is 4.93. The summed E-state index contributed by atoms with van der Waals surface area (Å²) >= 11 is 0. The number of amides is 2. The van der Waals surface area contributed by atoms with Gasteiger partial charge in [0.1, 0.15) is 24.2 Å². The smallest absolute Gasteiger partial charge is 0.321 e. The maximum atomic E-state index is 11.6. The van der Waals surface area contributed by atoms with E-state index in [1.807, 2.05) is 18.2 Å². The number of rotatable bonds is 6. The predicted octanol–water partition coefficient (Wildman–Crippen LogP) is 2.90. The number of benzene rings is 2. The highest BCUT2D eigenvalue weighted by atomic mass is 16.5. The van der Waals surface area contributed by atoms with Crippen LogP contribution in [0.2, 0.25) is 0 Å². The Morgan fingerprint density at radius 2 is 1.88 bits per heavy atom. The van der Waals surface area contributed by atoms with Crippen LogP contribution in [-0.2, 0) is 0 Å². The van der Waals surface area contributed by atoms with E-state index in [9.17, 15) is 9.90 Å². The van der Waals surface area contributed by atoms with E-state index < -0.39 is 6.10 Å². The lowest BCUT2D eigenvalue weighted by atomic mass is 10.1. The third kappa shape index (κ3) is 4.89. The van der Waals surface area contributed by atoms with E-state index in [0.29, 0.717) is 17.2 Å². The Balaban J connectivity index is 1.90. The van der Waals surface area contributed by atoms with E-state index in [0.717, 1.165) is 5.56 Å². The van der Waals surface area contributed by atoms with E-state index in [-0.39, 0.29) is 12.6 Å². The highest BCUT2D eigenvalue weighted by Crippen LogP contribution is 2.21. The summed E-state index contributed by atoms with van der Waals surface area (Å²) in [4.78, 5) is 13.0. The third-order valence-corrected chi connectivity index (χ3v) is 3.40. The standard InChI is InChI=1S/C18H22N2O4/c1-20(2)18(22)19-14-7-9-15(10-8-14)24-12-17(21)13-5-4-6-16(11-13)23-3/h4-11,17,21H,12H2,1-3H3,(H,19,22). The lowest BCUT2D eigenvalue weighted by molar-refractivity contribution is 0.108. The van der Waals surface area contributed by atoms with Gasteiger partial charge in [-0.2, -0.15) is 0 Å². The van der Waals surface area contributed by atoms with Gasteiger partial charge >= 0.3 is 6.03 Å². The first-order valence-electron chi connectivity index (χ1n) is 7.53. The molecule has 0 aromatic heterocycles. The summed E-state index contributed by atoms with van der Waals surface area (Å²) in [6.45, 7) is 0.122. The van der Waals surface area contributed by atoms with Crippen LogP contribution in [-0.4, -0.2) is 43.8 Å². The van der Waals surface area contributed by atoms with Crippen molar-refractivity contribution in [2.45, 2.75) is 6.10 Å². The molecular weight excluding hydrogens is 308 g/mol. The van der Waals surface area contributed by atoms with Crippen molar-refractivity contribution in [1.29, 1.82) is 0 Å². The summed E-state index contributed by atoms with van der Waals surface area (Å²) < 4.78 is 10.7. The molecule has 0 aliphatic carbocycles. The van der Waals surface area contributed by atoms with Crippen molar-refractivity contribution in [3.63, 3.8) is 0 Å². The highest BCUT2D eigenvalue weighted by Gasteiger charge is 2.10. The minimum absolute atomic E-state index is 0.122. The molecular formula is C18H22N2O4. The van der Waals surface area contributed by atoms with Crippen LogP contribution in [0.4, 0.5) is 10.5 Å². The summed E-state index contributed by atoms with van der Waals surface area (Å²) in [6, 6.07) is 14.0. The van der Waals surface area contributed by atoms with Crippen molar-refractivity contribution in [2.75, 3.05) is 33.1 Å². The van der Waals surface area contributed by atoms with Crippen molar-refractivity contribution in [3.05, 3.63) is 54.1 Å². The zero-order valence-electron chi connectivity index (χ0n) is 14.0. The number of hydrogen-bond acceptors (Lipinski definition) is 4. The molecule has 2 aromatic rings. The monoisotopic (exact) mass is 330 g/mol. The zero-order valence-corrected chi connectivity index (χ0v) is 14.0. The fourth-order valence-corrected chi connectivity index (χ4v) is 1.99. The molecule has 0 heterocycles. The average Bonchev–Trinajstić information content (AvgIpc) is 2.60. The number of nitrogens with one attached hydrogen (secondary N) is 1. The van der Waals surface area contributed by atoms with E-state index in [1.165, 1.54) is 4.90 Å². The molecule has 6 nitrogen and oxygen atoms in total. The van der Waals surface area contributed by atoms with Gasteiger partial charge < -0.3 is 24.8 Å². The van der Waals surface area contributed by atoms with E-state index >= 15 is 0 Å². The van der Waals surface area contributed by atoms with Gasteiger partial charge in [0.05, 0.1) is 7.11 Å². The Morgan fingerprint density at radius 1 is 1.17 bits per heavy atom. The Morgan fingerprint density at radius 3 is 2.50 bits per heavy atom. The van der Waals surface area contributed by atoms with Gasteiger partial charge in [0.15, 0.2) is 0 Å². The number of ether oxygens (including phenoxy) is 2. The molecule has 2 rings (SSSR count). The summed E-state index contributed by atoms with van der Waals surface area (Å²) in [5.74, 6) is 1.30. The average molecular weight is 330 g/mol. The van der Waals surface area contributed by atoms with Crippen LogP contribution in [0.5, 0.6) is 11.5 Å². The maximum absolute atomic E-state index is 11.6. The van der Waals surface area contributed by atoms with Crippen LogP contribution in [0.15, 0.2) is 48.5 Å². The number of urea groups is 1. The minimum atomic E-state index is -0.756. The first kappa shape index (κ1) is 17.6. The van der Waals surface area contributed by atoms with Gasteiger partial charge in [0.2, 0.25) is 0 Å². The lowest BCUT2D eigenvalue weighted by Gasteiger charge is -2.14. The number of methoxy groups -OCH3 is 1. The number of carbonyl (C=O) groups is 1. The molecule has 24 heavy (non-hydrogen) atoms. The van der Waals surface area contributed by atoms with Crippen LogP contribution in [0.3, 0.4) is 0 Å². The van der Waals surface area contributed by atoms with Crippen molar-refractivity contribution in [3.8, 4) is 11.5 Å². The lowest BCUT2D eigenvalue weighted by Crippen LogP contribution is -2.27. The Kier molecular flexibility index (Phi) is 6.03. The fraction of sp³-hybridized carbons (Fsp3) is 0.278. The number of aliphatic hydroxyl groups excluding tert-OH is 1. The molecule has 6 heteroatoms. The number of aliphatic hydroxyl groups is 1. The number of anilines is 1. The molecule has 128 valence electrons. The Bertz CT molecular complexity index is 671. The van der Waals surface area contributed by atoms with Gasteiger partial charge in [-0.15, -0.1) is 0 Å². The molecule has 2 N–H and O–H groups in total. The van der Waals surface area contributed by atoms with Gasteiger partial charge in [-0.25, -0.2) is 4.79 Å². The van der Waals surface area contributed by atoms with Gasteiger partial charge in [0, 0.05) is 19.8 Å². The van der Waals surface area contributed by atoms with E-state index in [2.05, 4.69) is 5.32 Å². The summed E-state index contributed by atoms with van der Waals surface area (Å²) in [5, 5.41) is 12.9. The second kappa shape index (κ2) is 8.21. The largest absolute Gasteiger partial charge is 0.497 e. The topological polar surface area (TPSA) is 71.0 Å². The van der Waals surface area contributed by atoms with Crippen LogP contribution in [0, 0.1) is 0 Å². The normalized spacial score (nSPS) is 11.5. The fourth-order valence-electron chi connectivity index (χ4n) is 1.99. The van der Waals surface area contributed by atoms with Crippen LogP contribution < -0.4 is 14.8 Å². The van der Waals surface area contributed by atoms with Gasteiger partial charge in [-0.3, -0.25) is 0 Å². The molecule has 1 atom stereocenters. The quantitative estimate of drug-likeness (QED) is 0.854. The maximum Gasteiger partial charge on any atom is 0.321 e. The van der Waals surface area contributed by atoms with Crippen molar-refractivity contribution >= 4 is 11.7 Å². The molecule has 0 bridgehead atoms. The molecule has 2 aromatic carbocycles. The Labute approximate surface area is 141 Å². The molecule has 2 amide bonds. The third-order valence-electron chi connectivity index (χ3n) is 3.40. The molecule has 0 aliphatic heterocycles. The number of carbonyl (C=O) groups excluding carboxylic acids is 1. The minimum Gasteiger partial charge on any atom is -0.497 e. The molecule has 0 spiro atoms. The van der Waals surface area contributed by atoms with Crippen molar-refractivity contribution in [1.82, 2.24) is 4.90 Å². The van der Waals surface area contributed by atoms with Crippen LogP contribution in [0.1, 0.15) is 11.7 Å². The highest BCUT2D eigenvalue weighted by molar-refractivity contribution is 5.88. The summed E-state index contributed by atoms with van der Waals surface area (Å²) in [6.07, 6.45) is -0.756. The first-order chi connectivity index (χ1) is 11.5.